The van der Waals surface area contributed by atoms with Crippen molar-refractivity contribution in [3.8, 4) is 0 Å². The Kier molecular flexibility index (Phi) is 6.48. The standard InChI is InChI=1S/C21H20ClFN4O2S/c1-21(2,3)24-19(28)18(13-7-9-15(23)10-8-13)27(16-6-4-5-14(22)11-16)20(29)17-12-30-26-25-17/h4-12,18H,1-3H3,(H,24,28)/t18-/m0/s1. The van der Waals surface area contributed by atoms with E-state index < -0.39 is 29.2 Å². The molecule has 1 aromatic heterocycles. The second kappa shape index (κ2) is 8.89. The normalized spacial score (nSPS) is 12.3. The van der Waals surface area contributed by atoms with Crippen LogP contribution in [0.5, 0.6) is 0 Å². The third-order valence-corrected chi connectivity index (χ3v) is 4.81. The summed E-state index contributed by atoms with van der Waals surface area (Å²) in [6.07, 6.45) is 0. The molecule has 0 aliphatic rings. The van der Waals surface area contributed by atoms with Crippen molar-refractivity contribution >= 4 is 40.6 Å². The van der Waals surface area contributed by atoms with Gasteiger partial charge in [-0.25, -0.2) is 4.39 Å². The van der Waals surface area contributed by atoms with E-state index in [-0.39, 0.29) is 5.69 Å². The zero-order chi connectivity index (χ0) is 21.9. The first-order chi connectivity index (χ1) is 14.2. The van der Waals surface area contributed by atoms with Gasteiger partial charge in [-0.3, -0.25) is 14.5 Å². The third kappa shape index (κ3) is 5.20. The number of nitrogens with zero attached hydrogens (tertiary/aromatic N) is 3. The van der Waals surface area contributed by atoms with E-state index in [0.29, 0.717) is 16.3 Å². The van der Waals surface area contributed by atoms with Crippen LogP contribution >= 0.6 is 23.1 Å². The Labute approximate surface area is 182 Å². The van der Waals surface area contributed by atoms with Crippen molar-refractivity contribution in [3.05, 3.63) is 76.0 Å². The van der Waals surface area contributed by atoms with Crippen LogP contribution in [0.4, 0.5) is 10.1 Å². The molecule has 0 unspecified atom stereocenters. The Morgan fingerprint density at radius 2 is 1.87 bits per heavy atom. The van der Waals surface area contributed by atoms with Crippen molar-refractivity contribution < 1.29 is 14.0 Å². The molecule has 1 atom stereocenters. The monoisotopic (exact) mass is 446 g/mol. The van der Waals surface area contributed by atoms with Gasteiger partial charge in [-0.15, -0.1) is 5.10 Å². The van der Waals surface area contributed by atoms with Crippen molar-refractivity contribution in [3.63, 3.8) is 0 Å². The minimum absolute atomic E-state index is 0.0932. The summed E-state index contributed by atoms with van der Waals surface area (Å²) in [4.78, 5) is 28.1. The van der Waals surface area contributed by atoms with Crippen LogP contribution in [0.15, 0.2) is 53.9 Å². The highest BCUT2D eigenvalue weighted by Crippen LogP contribution is 2.31. The summed E-state index contributed by atoms with van der Waals surface area (Å²) in [6, 6.07) is 11.0. The lowest BCUT2D eigenvalue weighted by Gasteiger charge is -2.33. The van der Waals surface area contributed by atoms with E-state index in [1.165, 1.54) is 34.5 Å². The van der Waals surface area contributed by atoms with Gasteiger partial charge in [-0.05, 0) is 68.2 Å². The highest BCUT2D eigenvalue weighted by Gasteiger charge is 2.35. The topological polar surface area (TPSA) is 75.2 Å². The van der Waals surface area contributed by atoms with Gasteiger partial charge in [0.1, 0.15) is 11.9 Å². The van der Waals surface area contributed by atoms with Crippen LogP contribution in [0.2, 0.25) is 5.02 Å². The van der Waals surface area contributed by atoms with Crippen LogP contribution in [0.25, 0.3) is 0 Å². The molecular weight excluding hydrogens is 427 g/mol. The average Bonchev–Trinajstić information content (AvgIpc) is 3.20. The zero-order valence-corrected chi connectivity index (χ0v) is 18.2. The molecule has 0 fully saturated rings. The maximum atomic E-state index is 13.6. The Bertz CT molecular complexity index is 1040. The zero-order valence-electron chi connectivity index (χ0n) is 16.6. The number of hydrogen-bond donors (Lipinski definition) is 1. The SMILES string of the molecule is CC(C)(C)NC(=O)[C@H](c1ccc(F)cc1)N(C(=O)c1csnn1)c1cccc(Cl)c1. The minimum Gasteiger partial charge on any atom is -0.349 e. The van der Waals surface area contributed by atoms with Crippen LogP contribution < -0.4 is 10.2 Å². The van der Waals surface area contributed by atoms with Crippen molar-refractivity contribution in [1.29, 1.82) is 0 Å². The van der Waals surface area contributed by atoms with Crippen LogP contribution in [-0.4, -0.2) is 26.9 Å². The molecule has 0 aliphatic carbocycles. The van der Waals surface area contributed by atoms with Crippen LogP contribution in [0, 0.1) is 5.82 Å². The largest absolute Gasteiger partial charge is 0.349 e. The van der Waals surface area contributed by atoms with E-state index in [4.69, 9.17) is 11.6 Å². The maximum absolute atomic E-state index is 13.6. The molecule has 156 valence electrons. The number of nitrogens with one attached hydrogen (secondary N) is 1. The summed E-state index contributed by atoms with van der Waals surface area (Å²) in [5.74, 6) is -1.40. The number of benzene rings is 2. The molecule has 2 amide bonds. The molecule has 0 aliphatic heterocycles. The molecule has 0 saturated carbocycles. The maximum Gasteiger partial charge on any atom is 0.280 e. The molecule has 9 heteroatoms. The van der Waals surface area contributed by atoms with Gasteiger partial charge in [-0.1, -0.05) is 34.3 Å². The summed E-state index contributed by atoms with van der Waals surface area (Å²) in [5, 5.41) is 8.67. The highest BCUT2D eigenvalue weighted by molar-refractivity contribution is 7.03. The Hall–Kier alpha value is -2.84. The van der Waals surface area contributed by atoms with Gasteiger partial charge < -0.3 is 5.32 Å². The molecule has 1 heterocycles. The molecule has 3 aromatic rings. The first-order valence-corrected chi connectivity index (χ1v) is 10.3. The van der Waals surface area contributed by atoms with Gasteiger partial charge in [0, 0.05) is 21.6 Å². The van der Waals surface area contributed by atoms with Gasteiger partial charge >= 0.3 is 0 Å². The van der Waals surface area contributed by atoms with E-state index in [2.05, 4.69) is 14.9 Å². The van der Waals surface area contributed by atoms with Crippen LogP contribution in [0.1, 0.15) is 42.9 Å². The molecule has 6 nitrogen and oxygen atoms in total. The second-order valence-electron chi connectivity index (χ2n) is 7.64. The van der Waals surface area contributed by atoms with Crippen molar-refractivity contribution in [1.82, 2.24) is 14.9 Å². The van der Waals surface area contributed by atoms with Crippen molar-refractivity contribution in [2.24, 2.45) is 0 Å². The molecule has 30 heavy (non-hydrogen) atoms. The lowest BCUT2D eigenvalue weighted by Crippen LogP contribution is -2.49. The number of rotatable bonds is 5. The molecule has 2 aromatic carbocycles. The highest BCUT2D eigenvalue weighted by atomic mass is 35.5. The summed E-state index contributed by atoms with van der Waals surface area (Å²) < 4.78 is 17.3. The number of hydrogen-bond acceptors (Lipinski definition) is 5. The second-order valence-corrected chi connectivity index (χ2v) is 8.68. The third-order valence-electron chi connectivity index (χ3n) is 4.07. The molecule has 0 saturated heterocycles. The van der Waals surface area contributed by atoms with E-state index in [9.17, 15) is 14.0 Å². The molecule has 0 spiro atoms. The number of carbonyl (C=O) groups is 2. The summed E-state index contributed by atoms with van der Waals surface area (Å²) >= 11 is 7.19. The van der Waals surface area contributed by atoms with Crippen LogP contribution in [0.3, 0.4) is 0 Å². The van der Waals surface area contributed by atoms with Gasteiger partial charge in [0.2, 0.25) is 5.91 Å². The van der Waals surface area contributed by atoms with Crippen LogP contribution in [-0.2, 0) is 4.79 Å². The smallest absolute Gasteiger partial charge is 0.280 e. The number of aromatic nitrogens is 2. The van der Waals surface area contributed by atoms with Gasteiger partial charge in [0.05, 0.1) is 0 Å². The number of halogens is 2. The van der Waals surface area contributed by atoms with E-state index in [1.807, 2.05) is 20.8 Å². The first kappa shape index (κ1) is 21.9. The van der Waals surface area contributed by atoms with E-state index in [0.717, 1.165) is 11.5 Å². The summed E-state index contributed by atoms with van der Waals surface area (Å²) in [5.41, 5.74) is 0.379. The first-order valence-electron chi connectivity index (χ1n) is 9.09. The van der Waals surface area contributed by atoms with E-state index in [1.54, 1.807) is 24.3 Å². The summed E-state index contributed by atoms with van der Waals surface area (Å²) in [6.45, 7) is 5.51. The average molecular weight is 447 g/mol. The fourth-order valence-electron chi connectivity index (χ4n) is 2.89. The van der Waals surface area contributed by atoms with Crippen molar-refractivity contribution in [2.45, 2.75) is 32.4 Å². The van der Waals surface area contributed by atoms with Crippen molar-refractivity contribution in [2.75, 3.05) is 4.90 Å². The Morgan fingerprint density at radius 3 is 2.43 bits per heavy atom. The predicted molar refractivity (Wildman–Crippen MR) is 115 cm³/mol. The summed E-state index contributed by atoms with van der Waals surface area (Å²) in [7, 11) is 0. The number of amides is 2. The fourth-order valence-corrected chi connectivity index (χ4v) is 3.51. The lowest BCUT2D eigenvalue weighted by molar-refractivity contribution is -0.123. The number of anilines is 1. The van der Waals surface area contributed by atoms with Gasteiger partial charge in [0.25, 0.3) is 5.91 Å². The number of carbonyl (C=O) groups excluding carboxylic acids is 2. The molecule has 1 N–H and O–H groups in total. The minimum atomic E-state index is -1.09. The predicted octanol–water partition coefficient (Wildman–Crippen LogP) is 4.63. The van der Waals surface area contributed by atoms with E-state index >= 15 is 0 Å². The molecular formula is C21H20ClFN4O2S. The molecule has 3 rings (SSSR count). The lowest BCUT2D eigenvalue weighted by atomic mass is 10.0. The molecule has 0 bridgehead atoms. The Morgan fingerprint density at radius 1 is 1.17 bits per heavy atom. The Balaban J connectivity index is 2.18. The molecule has 0 radical (unpaired) electrons. The quantitative estimate of drug-likeness (QED) is 0.619. The fraction of sp³-hybridized carbons (Fsp3) is 0.238. The van der Waals surface area contributed by atoms with Gasteiger partial charge in [0.15, 0.2) is 5.69 Å². The van der Waals surface area contributed by atoms with Gasteiger partial charge in [-0.2, -0.15) is 0 Å².